The highest BCUT2D eigenvalue weighted by atomic mass is 32.2. The highest BCUT2D eigenvalue weighted by molar-refractivity contribution is 7.99. The van der Waals surface area contributed by atoms with E-state index < -0.39 is 25.7 Å². The number of carboxylic acid groups (broad SMARTS) is 1. The molecule has 24 heavy (non-hydrogen) atoms. The quantitative estimate of drug-likeness (QED) is 0.546. The van der Waals surface area contributed by atoms with Gasteiger partial charge in [0, 0.05) is 5.39 Å². The van der Waals surface area contributed by atoms with E-state index in [1.165, 1.54) is 11.8 Å². The maximum absolute atomic E-state index is 11.6. The largest absolute Gasteiger partial charge is 0.481 e. The second kappa shape index (κ2) is 8.06. The first-order valence-electron chi connectivity index (χ1n) is 7.69. The van der Waals surface area contributed by atoms with Crippen molar-refractivity contribution in [1.29, 1.82) is 0 Å². The number of rotatable bonds is 8. The summed E-state index contributed by atoms with van der Waals surface area (Å²) in [4.78, 5) is 16.0. The molecule has 0 bridgehead atoms. The Morgan fingerprint density at radius 3 is 2.62 bits per heavy atom. The summed E-state index contributed by atoms with van der Waals surface area (Å²) in [6.07, 6.45) is 0.271. The molecule has 2 rings (SSSR count). The van der Waals surface area contributed by atoms with E-state index in [4.69, 9.17) is 0 Å². The molecule has 0 saturated heterocycles. The fraction of sp³-hybridized carbons (Fsp3) is 0.412. The number of aromatic nitrogens is 1. The molecule has 1 aromatic carbocycles. The smallest absolute Gasteiger partial charge is 0.361 e. The maximum atomic E-state index is 11.6. The van der Waals surface area contributed by atoms with Crippen molar-refractivity contribution in [3.05, 3.63) is 36.4 Å². The van der Waals surface area contributed by atoms with Crippen molar-refractivity contribution in [2.24, 2.45) is 11.8 Å². The van der Waals surface area contributed by atoms with Gasteiger partial charge in [-0.25, -0.2) is 4.98 Å². The predicted octanol–water partition coefficient (Wildman–Crippen LogP) is 3.79. The van der Waals surface area contributed by atoms with Crippen molar-refractivity contribution in [2.45, 2.75) is 30.6 Å². The number of hydrogen-bond acceptors (Lipinski definition) is 5. The molecule has 1 aromatic heterocycles. The molecule has 0 amide bonds. The number of aliphatic carboxylic acids is 1. The summed E-state index contributed by atoms with van der Waals surface area (Å²) in [5, 5.41) is 20.0. The lowest BCUT2D eigenvalue weighted by Gasteiger charge is -2.23. The van der Waals surface area contributed by atoms with Crippen LogP contribution >= 0.6 is 20.2 Å². The molecule has 2 N–H and O–H groups in total. The molecule has 0 aliphatic carbocycles. The molecule has 3 atom stereocenters. The number of hydrogen-bond donors (Lipinski definition) is 2. The Morgan fingerprint density at radius 2 is 2.00 bits per heavy atom. The molecule has 5 nitrogen and oxygen atoms in total. The van der Waals surface area contributed by atoms with Gasteiger partial charge in [-0.05, 0) is 24.5 Å². The lowest BCUT2D eigenvalue weighted by atomic mass is 9.92. The summed E-state index contributed by atoms with van der Waals surface area (Å²) >= 11 is 1.22. The first kappa shape index (κ1) is 18.8. The second-order valence-electron chi connectivity index (χ2n) is 6.18. The number of aliphatic hydroxyl groups is 1. The molecule has 2 aromatic rings. The second-order valence-corrected chi connectivity index (χ2v) is 8.24. The van der Waals surface area contributed by atoms with Gasteiger partial charge in [-0.3, -0.25) is 4.79 Å². The van der Waals surface area contributed by atoms with E-state index in [-0.39, 0.29) is 18.1 Å². The van der Waals surface area contributed by atoms with Crippen molar-refractivity contribution in [3.8, 4) is 0 Å². The SMILES string of the molecule is CC(C)CC(C(=O)O)C(O)(CSc1ccc2ccccc2n1)[PH+]=O. The Hall–Kier alpha value is -1.49. The van der Waals surface area contributed by atoms with Crippen molar-refractivity contribution < 1.29 is 19.6 Å². The van der Waals surface area contributed by atoms with Crippen LogP contribution in [0.2, 0.25) is 0 Å². The number of para-hydroxylation sites is 1. The van der Waals surface area contributed by atoms with Crippen molar-refractivity contribution in [1.82, 2.24) is 4.98 Å². The molecule has 1 heterocycles. The van der Waals surface area contributed by atoms with E-state index in [9.17, 15) is 19.6 Å². The van der Waals surface area contributed by atoms with Gasteiger partial charge in [-0.15, -0.1) is 0 Å². The summed E-state index contributed by atoms with van der Waals surface area (Å²) < 4.78 is 11.6. The van der Waals surface area contributed by atoms with Gasteiger partial charge in [0.2, 0.25) is 0 Å². The van der Waals surface area contributed by atoms with E-state index >= 15 is 0 Å². The summed E-state index contributed by atoms with van der Waals surface area (Å²) in [6.45, 7) is 3.75. The van der Waals surface area contributed by atoms with E-state index in [0.717, 1.165) is 10.9 Å². The number of benzene rings is 1. The minimum atomic E-state index is -1.77. The Morgan fingerprint density at radius 1 is 1.29 bits per heavy atom. The van der Waals surface area contributed by atoms with Gasteiger partial charge < -0.3 is 10.2 Å². The normalized spacial score (nSPS) is 15.5. The molecule has 128 valence electrons. The highest BCUT2D eigenvalue weighted by Gasteiger charge is 2.49. The maximum Gasteiger partial charge on any atom is 0.361 e. The molecular formula is C17H21NO4PS+. The summed E-state index contributed by atoms with van der Waals surface area (Å²) in [7, 11) is -1.12. The lowest BCUT2D eigenvalue weighted by molar-refractivity contribution is -0.147. The first-order chi connectivity index (χ1) is 11.4. The molecule has 0 saturated carbocycles. The van der Waals surface area contributed by atoms with Gasteiger partial charge in [-0.2, -0.15) is 0 Å². The zero-order valence-electron chi connectivity index (χ0n) is 13.6. The van der Waals surface area contributed by atoms with Crippen LogP contribution in [0.5, 0.6) is 0 Å². The standard InChI is InChI=1S/C17H20NO4PS/c1-11(2)9-13(16(19)20)17(21,23-22)10-24-15-8-7-12-5-3-4-6-14(12)18-15/h3-8,11,13,21H,9-10H2,1-2H3,(H,19,20)/p+1. The number of carbonyl (C=O) groups is 1. The third-order valence-corrected chi connectivity index (χ3v) is 6.01. The van der Waals surface area contributed by atoms with Crippen molar-refractivity contribution in [3.63, 3.8) is 0 Å². The summed E-state index contributed by atoms with van der Waals surface area (Å²) in [6, 6.07) is 11.4. The monoisotopic (exact) mass is 366 g/mol. The van der Waals surface area contributed by atoms with Gasteiger partial charge in [0.1, 0.15) is 5.92 Å². The minimum absolute atomic E-state index is 0.0178. The number of pyridine rings is 1. The molecule has 0 spiro atoms. The van der Waals surface area contributed by atoms with Crippen LogP contribution in [0.1, 0.15) is 20.3 Å². The third kappa shape index (κ3) is 4.53. The summed E-state index contributed by atoms with van der Waals surface area (Å²) in [5.74, 6) is -2.09. The van der Waals surface area contributed by atoms with Crippen LogP contribution in [0.3, 0.4) is 0 Å². The van der Waals surface area contributed by atoms with Crippen LogP contribution in [0.15, 0.2) is 41.4 Å². The predicted molar refractivity (Wildman–Crippen MR) is 97.0 cm³/mol. The van der Waals surface area contributed by atoms with Crippen molar-refractivity contribution in [2.75, 3.05) is 5.75 Å². The minimum Gasteiger partial charge on any atom is -0.481 e. The molecular weight excluding hydrogens is 345 g/mol. The Balaban J connectivity index is 2.18. The van der Waals surface area contributed by atoms with E-state index in [1.54, 1.807) is 0 Å². The van der Waals surface area contributed by atoms with Gasteiger partial charge >= 0.3 is 14.4 Å². The van der Waals surface area contributed by atoms with E-state index in [2.05, 4.69) is 4.98 Å². The topological polar surface area (TPSA) is 87.5 Å². The molecule has 0 fully saturated rings. The Kier molecular flexibility index (Phi) is 6.33. The molecule has 0 aliphatic heterocycles. The number of carboxylic acids is 1. The van der Waals surface area contributed by atoms with Crippen molar-refractivity contribution >= 4 is 37.1 Å². The van der Waals surface area contributed by atoms with Crippen LogP contribution in [0, 0.1) is 11.8 Å². The van der Waals surface area contributed by atoms with Crippen LogP contribution in [-0.2, 0) is 9.36 Å². The zero-order chi connectivity index (χ0) is 17.7. The van der Waals surface area contributed by atoms with E-state index in [0.29, 0.717) is 5.03 Å². The fourth-order valence-corrected chi connectivity index (χ4v) is 4.22. The number of nitrogens with zero attached hydrogens (tertiary/aromatic N) is 1. The highest BCUT2D eigenvalue weighted by Crippen LogP contribution is 2.38. The van der Waals surface area contributed by atoms with Gasteiger partial charge in [0.15, 0.2) is 0 Å². The first-order valence-corrected chi connectivity index (χ1v) is 9.58. The van der Waals surface area contributed by atoms with Crippen LogP contribution in [0.25, 0.3) is 10.9 Å². The van der Waals surface area contributed by atoms with Gasteiger partial charge in [0.25, 0.3) is 5.34 Å². The summed E-state index contributed by atoms with van der Waals surface area (Å²) in [5.41, 5.74) is 0.826. The number of fused-ring (bicyclic) bond motifs is 1. The molecule has 0 aliphatic rings. The fourth-order valence-electron chi connectivity index (χ4n) is 2.48. The zero-order valence-corrected chi connectivity index (χ0v) is 15.4. The Bertz CT molecular complexity index is 739. The van der Waals surface area contributed by atoms with Gasteiger partial charge in [-0.1, -0.05) is 54.4 Å². The number of thioether (sulfide) groups is 1. The average molecular weight is 366 g/mol. The van der Waals surface area contributed by atoms with Crippen LogP contribution in [-0.4, -0.2) is 32.3 Å². The van der Waals surface area contributed by atoms with E-state index in [1.807, 2.05) is 50.2 Å². The molecule has 3 unspecified atom stereocenters. The van der Waals surface area contributed by atoms with Gasteiger partial charge in [0.05, 0.1) is 16.3 Å². The molecule has 7 heteroatoms. The lowest BCUT2D eigenvalue weighted by Crippen LogP contribution is -2.40. The average Bonchev–Trinajstić information content (AvgIpc) is 2.57. The van der Waals surface area contributed by atoms with Crippen LogP contribution < -0.4 is 0 Å². The van der Waals surface area contributed by atoms with Crippen LogP contribution in [0.4, 0.5) is 0 Å². The Labute approximate surface area is 146 Å². The third-order valence-electron chi connectivity index (χ3n) is 3.77. The molecule has 0 radical (unpaired) electrons.